The van der Waals surface area contributed by atoms with Gasteiger partial charge < -0.3 is 14.7 Å². The fourth-order valence-electron chi connectivity index (χ4n) is 2.04. The normalized spacial score (nSPS) is 11.0. The molecule has 1 N–H and O–H groups in total. The Hall–Kier alpha value is -1.36. The van der Waals surface area contributed by atoms with Gasteiger partial charge in [0.2, 0.25) is 0 Å². The third-order valence-corrected chi connectivity index (χ3v) is 3.39. The van der Waals surface area contributed by atoms with E-state index in [9.17, 15) is 4.79 Å². The summed E-state index contributed by atoms with van der Waals surface area (Å²) in [6, 6.07) is 0. The molecular weight excluding hydrogens is 242 g/mol. The lowest BCUT2D eigenvalue weighted by atomic mass is 10.2. The molecule has 0 aliphatic carbocycles. The van der Waals surface area contributed by atoms with Gasteiger partial charge in [0, 0.05) is 18.5 Å². The molecule has 5 nitrogen and oxygen atoms in total. The minimum Gasteiger partial charge on any atom is -0.360 e. The molecule has 0 aliphatic heterocycles. The number of nitrogens with one attached hydrogen (secondary N) is 1. The van der Waals surface area contributed by atoms with Crippen LogP contribution in [0.2, 0.25) is 0 Å². The molecule has 0 saturated carbocycles. The van der Waals surface area contributed by atoms with Crippen LogP contribution in [-0.4, -0.2) is 42.1 Å². The summed E-state index contributed by atoms with van der Waals surface area (Å²) in [7, 11) is 0. The first-order valence-electron chi connectivity index (χ1n) is 7.09. The summed E-state index contributed by atoms with van der Waals surface area (Å²) in [6.07, 6.45) is 1.71. The summed E-state index contributed by atoms with van der Waals surface area (Å²) < 4.78 is 5.13. The lowest BCUT2D eigenvalue weighted by Crippen LogP contribution is -2.30. The second kappa shape index (κ2) is 7.94. The average Bonchev–Trinajstić information content (AvgIpc) is 2.80. The summed E-state index contributed by atoms with van der Waals surface area (Å²) in [4.78, 5) is 14.3. The first-order valence-corrected chi connectivity index (χ1v) is 7.09. The second-order valence-corrected chi connectivity index (χ2v) is 4.57. The number of carbonyl (C=O) groups is 1. The van der Waals surface area contributed by atoms with Gasteiger partial charge in [0.25, 0.3) is 5.91 Å². The highest BCUT2D eigenvalue weighted by Crippen LogP contribution is 2.12. The van der Waals surface area contributed by atoms with Gasteiger partial charge in [0.15, 0.2) is 5.69 Å². The van der Waals surface area contributed by atoms with Crippen molar-refractivity contribution in [2.45, 2.75) is 40.5 Å². The summed E-state index contributed by atoms with van der Waals surface area (Å²) in [5, 5.41) is 6.73. The third kappa shape index (κ3) is 4.35. The Kier molecular flexibility index (Phi) is 6.56. The molecule has 0 radical (unpaired) electrons. The molecule has 1 amide bonds. The molecule has 0 unspecified atom stereocenters. The number of nitrogens with zero attached hydrogens (tertiary/aromatic N) is 2. The zero-order valence-corrected chi connectivity index (χ0v) is 12.5. The average molecular weight is 267 g/mol. The van der Waals surface area contributed by atoms with Crippen LogP contribution >= 0.6 is 0 Å². The summed E-state index contributed by atoms with van der Waals surface area (Å²) in [5.41, 5.74) is 1.27. The fraction of sp³-hybridized carbons (Fsp3) is 0.714. The molecule has 1 heterocycles. The van der Waals surface area contributed by atoms with Gasteiger partial charge in [-0.2, -0.15) is 0 Å². The molecule has 0 atom stereocenters. The summed E-state index contributed by atoms with van der Waals surface area (Å²) in [6.45, 7) is 11.9. The van der Waals surface area contributed by atoms with Crippen LogP contribution in [0.15, 0.2) is 4.52 Å². The maximum Gasteiger partial charge on any atom is 0.273 e. The number of carbonyl (C=O) groups excluding carboxylic acids is 1. The van der Waals surface area contributed by atoms with Gasteiger partial charge in [0.1, 0.15) is 5.76 Å². The van der Waals surface area contributed by atoms with Crippen molar-refractivity contribution < 1.29 is 9.32 Å². The van der Waals surface area contributed by atoms with E-state index in [1.54, 1.807) is 0 Å². The van der Waals surface area contributed by atoms with Crippen molar-refractivity contribution in [1.29, 1.82) is 0 Å². The molecule has 108 valence electrons. The quantitative estimate of drug-likeness (QED) is 0.732. The Morgan fingerprint density at radius 3 is 2.53 bits per heavy atom. The van der Waals surface area contributed by atoms with Gasteiger partial charge in [-0.3, -0.25) is 4.79 Å². The molecular formula is C14H25N3O2. The molecule has 0 aromatic carbocycles. The largest absolute Gasteiger partial charge is 0.360 e. The topological polar surface area (TPSA) is 58.4 Å². The highest BCUT2D eigenvalue weighted by atomic mass is 16.5. The van der Waals surface area contributed by atoms with Gasteiger partial charge >= 0.3 is 0 Å². The van der Waals surface area contributed by atoms with Crippen LogP contribution < -0.4 is 5.32 Å². The Morgan fingerprint density at radius 2 is 2.00 bits per heavy atom. The van der Waals surface area contributed by atoms with E-state index < -0.39 is 0 Å². The predicted molar refractivity (Wildman–Crippen MR) is 75.4 cm³/mol. The van der Waals surface area contributed by atoms with Crippen molar-refractivity contribution in [2.75, 3.05) is 26.2 Å². The number of amides is 1. The van der Waals surface area contributed by atoms with Crippen LogP contribution in [0.4, 0.5) is 0 Å². The predicted octanol–water partition coefficient (Wildman–Crippen LogP) is 2.01. The molecule has 1 rings (SSSR count). The molecule has 1 aromatic rings. The van der Waals surface area contributed by atoms with Crippen molar-refractivity contribution in [3.8, 4) is 0 Å². The highest BCUT2D eigenvalue weighted by molar-refractivity contribution is 5.93. The zero-order valence-electron chi connectivity index (χ0n) is 12.5. The van der Waals surface area contributed by atoms with E-state index in [4.69, 9.17) is 4.52 Å². The number of aromatic nitrogens is 1. The van der Waals surface area contributed by atoms with E-state index in [-0.39, 0.29) is 5.91 Å². The molecule has 0 fully saturated rings. The first-order chi connectivity index (χ1) is 9.13. The van der Waals surface area contributed by atoms with Gasteiger partial charge in [0.05, 0.1) is 0 Å². The Labute approximate surface area is 115 Å². The smallest absolute Gasteiger partial charge is 0.273 e. The van der Waals surface area contributed by atoms with Crippen LogP contribution in [0.3, 0.4) is 0 Å². The summed E-state index contributed by atoms with van der Waals surface area (Å²) in [5.74, 6) is 0.647. The second-order valence-electron chi connectivity index (χ2n) is 4.57. The van der Waals surface area contributed by atoms with Gasteiger partial charge in [-0.15, -0.1) is 0 Å². The minimum atomic E-state index is -0.138. The van der Waals surface area contributed by atoms with Gasteiger partial charge in [-0.1, -0.05) is 25.9 Å². The number of aryl methyl sites for hydroxylation is 1. The molecule has 19 heavy (non-hydrogen) atoms. The van der Waals surface area contributed by atoms with Crippen LogP contribution in [0.25, 0.3) is 0 Å². The van der Waals surface area contributed by atoms with E-state index in [0.29, 0.717) is 12.2 Å². The van der Waals surface area contributed by atoms with E-state index in [2.05, 4.69) is 29.2 Å². The fourth-order valence-corrected chi connectivity index (χ4v) is 2.04. The molecule has 0 bridgehead atoms. The number of rotatable bonds is 8. The maximum absolute atomic E-state index is 11.9. The molecule has 0 spiro atoms. The number of hydrogen-bond donors (Lipinski definition) is 1. The van der Waals surface area contributed by atoms with Crippen LogP contribution in [0, 0.1) is 6.92 Å². The highest BCUT2D eigenvalue weighted by Gasteiger charge is 2.16. The maximum atomic E-state index is 11.9. The SMILES string of the molecule is CCc1onc(C(=O)NCCCN(CC)CC)c1C. The molecule has 0 saturated heterocycles. The van der Waals surface area contributed by atoms with Crippen LogP contribution in [-0.2, 0) is 6.42 Å². The Balaban J connectivity index is 2.37. The van der Waals surface area contributed by atoms with E-state index >= 15 is 0 Å². The Morgan fingerprint density at radius 1 is 1.32 bits per heavy atom. The third-order valence-electron chi connectivity index (χ3n) is 3.39. The standard InChI is InChI=1S/C14H25N3O2/c1-5-12-11(4)13(16-19-12)14(18)15-9-8-10-17(6-2)7-3/h5-10H2,1-4H3,(H,15,18). The molecule has 0 aliphatic rings. The lowest BCUT2D eigenvalue weighted by Gasteiger charge is -2.17. The van der Waals surface area contributed by atoms with E-state index in [0.717, 1.165) is 43.8 Å². The van der Waals surface area contributed by atoms with Crippen molar-refractivity contribution in [1.82, 2.24) is 15.4 Å². The molecule has 1 aromatic heterocycles. The van der Waals surface area contributed by atoms with Crippen LogP contribution in [0.5, 0.6) is 0 Å². The van der Waals surface area contributed by atoms with Crippen molar-refractivity contribution in [3.05, 3.63) is 17.0 Å². The van der Waals surface area contributed by atoms with E-state index in [1.807, 2.05) is 13.8 Å². The summed E-state index contributed by atoms with van der Waals surface area (Å²) >= 11 is 0. The van der Waals surface area contributed by atoms with Crippen molar-refractivity contribution >= 4 is 5.91 Å². The van der Waals surface area contributed by atoms with Crippen molar-refractivity contribution in [3.63, 3.8) is 0 Å². The van der Waals surface area contributed by atoms with Crippen LogP contribution in [0.1, 0.15) is 49.0 Å². The zero-order chi connectivity index (χ0) is 14.3. The van der Waals surface area contributed by atoms with E-state index in [1.165, 1.54) is 0 Å². The first kappa shape index (κ1) is 15.7. The molecule has 5 heteroatoms. The monoisotopic (exact) mass is 267 g/mol. The van der Waals surface area contributed by atoms with Gasteiger partial charge in [-0.05, 0) is 33.0 Å². The van der Waals surface area contributed by atoms with Gasteiger partial charge in [-0.25, -0.2) is 0 Å². The minimum absolute atomic E-state index is 0.138. The Bertz CT molecular complexity index is 397. The van der Waals surface area contributed by atoms with Crippen molar-refractivity contribution in [2.24, 2.45) is 0 Å². The number of hydrogen-bond acceptors (Lipinski definition) is 4. The lowest BCUT2D eigenvalue weighted by molar-refractivity contribution is 0.0942.